The van der Waals surface area contributed by atoms with Crippen molar-refractivity contribution in [2.45, 2.75) is 27.2 Å². The molecule has 2 heteroatoms. The summed E-state index contributed by atoms with van der Waals surface area (Å²) in [4.78, 5) is 4.80. The maximum absolute atomic E-state index is 4.80. The van der Waals surface area contributed by atoms with Crippen molar-refractivity contribution in [1.29, 1.82) is 0 Å². The molecule has 3 aromatic rings. The Morgan fingerprint density at radius 1 is 0.909 bits per heavy atom. The smallest absolute Gasteiger partial charge is 0.126 e. The molecule has 112 valence electrons. The first-order valence-electron chi connectivity index (χ1n) is 7.80. The van der Waals surface area contributed by atoms with Gasteiger partial charge >= 0.3 is 0 Å². The quantitative estimate of drug-likeness (QED) is 0.745. The van der Waals surface area contributed by atoms with Crippen molar-refractivity contribution in [3.63, 3.8) is 0 Å². The van der Waals surface area contributed by atoms with Crippen LogP contribution in [0.15, 0.2) is 48.5 Å². The molecule has 0 atom stereocenters. The van der Waals surface area contributed by atoms with Crippen molar-refractivity contribution < 1.29 is 0 Å². The molecule has 0 saturated heterocycles. The number of nitrogens with zero attached hydrogens (tertiary/aromatic N) is 1. The number of aromatic nitrogens is 1. The molecule has 0 saturated carbocycles. The molecule has 3 rings (SSSR count). The first-order chi connectivity index (χ1) is 10.6. The molecule has 0 radical (unpaired) electrons. The fourth-order valence-electron chi connectivity index (χ4n) is 2.91. The van der Waals surface area contributed by atoms with Crippen LogP contribution in [0.4, 0.5) is 5.82 Å². The molecule has 0 spiro atoms. The predicted octanol–water partition coefficient (Wildman–Crippen LogP) is 4.81. The molecule has 0 aliphatic carbocycles. The van der Waals surface area contributed by atoms with Crippen molar-refractivity contribution in [3.05, 3.63) is 70.8 Å². The van der Waals surface area contributed by atoms with Gasteiger partial charge in [0, 0.05) is 11.9 Å². The van der Waals surface area contributed by atoms with Crippen LogP contribution in [0.25, 0.3) is 10.9 Å². The molecule has 0 aliphatic rings. The van der Waals surface area contributed by atoms with Gasteiger partial charge in [-0.1, -0.05) is 42.0 Å². The Morgan fingerprint density at radius 2 is 1.68 bits per heavy atom. The van der Waals surface area contributed by atoms with Gasteiger partial charge in [0.1, 0.15) is 5.82 Å². The van der Waals surface area contributed by atoms with Crippen LogP contribution < -0.4 is 5.32 Å². The lowest BCUT2D eigenvalue weighted by Gasteiger charge is -2.11. The Labute approximate surface area is 132 Å². The third kappa shape index (κ3) is 3.11. The molecule has 0 amide bonds. The first-order valence-corrected chi connectivity index (χ1v) is 7.80. The second-order valence-electron chi connectivity index (χ2n) is 5.96. The van der Waals surface area contributed by atoms with E-state index in [0.717, 1.165) is 24.3 Å². The van der Waals surface area contributed by atoms with E-state index in [1.54, 1.807) is 0 Å². The average Bonchev–Trinajstić information content (AvgIpc) is 2.50. The highest BCUT2D eigenvalue weighted by molar-refractivity contribution is 5.87. The number of anilines is 1. The van der Waals surface area contributed by atoms with E-state index in [-0.39, 0.29) is 0 Å². The average molecular weight is 290 g/mol. The molecule has 1 aromatic heterocycles. The lowest BCUT2D eigenvalue weighted by Crippen LogP contribution is -2.07. The number of aryl methyl sites for hydroxylation is 3. The van der Waals surface area contributed by atoms with E-state index in [1.165, 1.54) is 27.6 Å². The van der Waals surface area contributed by atoms with Crippen molar-refractivity contribution >= 4 is 16.7 Å². The van der Waals surface area contributed by atoms with Crippen LogP contribution in [0.1, 0.15) is 22.3 Å². The second-order valence-corrected chi connectivity index (χ2v) is 5.96. The summed E-state index contributed by atoms with van der Waals surface area (Å²) < 4.78 is 0. The SMILES string of the molecule is Cc1cc(C)c2nc(NCCc3ccccc3)cc(C)c2c1. The van der Waals surface area contributed by atoms with E-state index < -0.39 is 0 Å². The Hall–Kier alpha value is -2.35. The van der Waals surface area contributed by atoms with Gasteiger partial charge in [-0.25, -0.2) is 4.98 Å². The minimum atomic E-state index is 0.896. The highest BCUT2D eigenvalue weighted by atomic mass is 15.0. The monoisotopic (exact) mass is 290 g/mol. The van der Waals surface area contributed by atoms with Crippen molar-refractivity contribution in [2.24, 2.45) is 0 Å². The lowest BCUT2D eigenvalue weighted by molar-refractivity contribution is 1.01. The summed E-state index contributed by atoms with van der Waals surface area (Å²) in [6.45, 7) is 7.32. The zero-order valence-electron chi connectivity index (χ0n) is 13.5. The molecule has 0 fully saturated rings. The standard InChI is InChI=1S/C20H22N2/c1-14-11-16(3)20-18(12-14)15(2)13-19(22-20)21-10-9-17-7-5-4-6-8-17/h4-8,11-13H,9-10H2,1-3H3,(H,21,22). The van der Waals surface area contributed by atoms with Crippen molar-refractivity contribution in [1.82, 2.24) is 4.98 Å². The van der Waals surface area contributed by atoms with Crippen LogP contribution in [-0.2, 0) is 6.42 Å². The van der Waals surface area contributed by atoms with Crippen LogP contribution in [0.5, 0.6) is 0 Å². The van der Waals surface area contributed by atoms with Gasteiger partial charge in [0.2, 0.25) is 0 Å². The number of hydrogen-bond donors (Lipinski definition) is 1. The Kier molecular flexibility index (Phi) is 4.10. The Bertz CT molecular complexity index is 792. The van der Waals surface area contributed by atoms with Crippen LogP contribution in [0.2, 0.25) is 0 Å². The van der Waals surface area contributed by atoms with Gasteiger partial charge in [0.05, 0.1) is 5.52 Å². The summed E-state index contributed by atoms with van der Waals surface area (Å²) in [5, 5.41) is 4.71. The van der Waals surface area contributed by atoms with Crippen LogP contribution >= 0.6 is 0 Å². The molecule has 1 heterocycles. The Balaban J connectivity index is 1.80. The van der Waals surface area contributed by atoms with Gasteiger partial charge < -0.3 is 5.32 Å². The third-order valence-corrected chi connectivity index (χ3v) is 4.02. The van der Waals surface area contributed by atoms with Crippen molar-refractivity contribution in [2.75, 3.05) is 11.9 Å². The van der Waals surface area contributed by atoms with Gasteiger partial charge in [-0.3, -0.25) is 0 Å². The highest BCUT2D eigenvalue weighted by Gasteiger charge is 2.06. The molecule has 0 unspecified atom stereocenters. The summed E-state index contributed by atoms with van der Waals surface area (Å²) in [7, 11) is 0. The third-order valence-electron chi connectivity index (χ3n) is 4.02. The summed E-state index contributed by atoms with van der Waals surface area (Å²) in [5.41, 5.74) is 6.26. The Morgan fingerprint density at radius 3 is 2.45 bits per heavy atom. The van der Waals surface area contributed by atoms with Gasteiger partial charge in [-0.05, 0) is 56.0 Å². The van der Waals surface area contributed by atoms with E-state index in [1.807, 2.05) is 0 Å². The largest absolute Gasteiger partial charge is 0.370 e. The van der Waals surface area contributed by atoms with E-state index in [9.17, 15) is 0 Å². The molecular formula is C20H22N2. The molecule has 1 N–H and O–H groups in total. The first kappa shape index (κ1) is 14.6. The number of rotatable bonds is 4. The molecule has 0 aliphatic heterocycles. The van der Waals surface area contributed by atoms with E-state index >= 15 is 0 Å². The van der Waals surface area contributed by atoms with Crippen LogP contribution in [-0.4, -0.2) is 11.5 Å². The molecule has 2 nitrogen and oxygen atoms in total. The zero-order valence-corrected chi connectivity index (χ0v) is 13.5. The summed E-state index contributed by atoms with van der Waals surface area (Å²) in [6.07, 6.45) is 1.01. The topological polar surface area (TPSA) is 24.9 Å². The summed E-state index contributed by atoms with van der Waals surface area (Å²) in [6, 6.07) is 17.1. The normalized spacial score (nSPS) is 10.9. The second kappa shape index (κ2) is 6.18. The van der Waals surface area contributed by atoms with Crippen LogP contribution in [0.3, 0.4) is 0 Å². The maximum atomic E-state index is 4.80. The predicted molar refractivity (Wildman–Crippen MR) is 94.6 cm³/mol. The number of pyridine rings is 1. The molecule has 0 bridgehead atoms. The highest BCUT2D eigenvalue weighted by Crippen LogP contribution is 2.24. The summed E-state index contributed by atoms with van der Waals surface area (Å²) in [5.74, 6) is 0.966. The number of hydrogen-bond acceptors (Lipinski definition) is 2. The minimum absolute atomic E-state index is 0.896. The van der Waals surface area contributed by atoms with Gasteiger partial charge in [-0.15, -0.1) is 0 Å². The van der Waals surface area contributed by atoms with E-state index in [4.69, 9.17) is 4.98 Å². The lowest BCUT2D eigenvalue weighted by atomic mass is 10.0. The maximum Gasteiger partial charge on any atom is 0.126 e. The minimum Gasteiger partial charge on any atom is -0.370 e. The van der Waals surface area contributed by atoms with Gasteiger partial charge in [-0.2, -0.15) is 0 Å². The van der Waals surface area contributed by atoms with E-state index in [2.05, 4.69) is 74.6 Å². The number of fused-ring (bicyclic) bond motifs is 1. The zero-order chi connectivity index (χ0) is 15.5. The number of nitrogens with one attached hydrogen (secondary N) is 1. The number of benzene rings is 2. The molecule has 2 aromatic carbocycles. The van der Waals surface area contributed by atoms with E-state index in [0.29, 0.717) is 0 Å². The fraction of sp³-hybridized carbons (Fsp3) is 0.250. The molecular weight excluding hydrogens is 268 g/mol. The van der Waals surface area contributed by atoms with Crippen LogP contribution in [0, 0.1) is 20.8 Å². The molecule has 22 heavy (non-hydrogen) atoms. The van der Waals surface area contributed by atoms with Gasteiger partial charge in [0.15, 0.2) is 0 Å². The van der Waals surface area contributed by atoms with Crippen molar-refractivity contribution in [3.8, 4) is 0 Å². The van der Waals surface area contributed by atoms with Gasteiger partial charge in [0.25, 0.3) is 0 Å². The summed E-state index contributed by atoms with van der Waals surface area (Å²) >= 11 is 0. The fourth-order valence-corrected chi connectivity index (χ4v) is 2.91.